The Labute approximate surface area is 176 Å². The van der Waals surface area contributed by atoms with Crippen LogP contribution in [-0.2, 0) is 11.3 Å². The summed E-state index contributed by atoms with van der Waals surface area (Å²) in [7, 11) is 0. The van der Waals surface area contributed by atoms with Gasteiger partial charge in [0.2, 0.25) is 5.91 Å². The zero-order valence-electron chi connectivity index (χ0n) is 17.1. The second kappa shape index (κ2) is 9.16. The number of benzene rings is 1. The minimum Gasteiger partial charge on any atom is -0.342 e. The lowest BCUT2D eigenvalue weighted by molar-refractivity contribution is -0.129. The van der Waals surface area contributed by atoms with Crippen molar-refractivity contribution in [3.8, 4) is 0 Å². The molecule has 0 radical (unpaired) electrons. The molecule has 0 saturated carbocycles. The molecule has 1 aromatic heterocycles. The maximum absolute atomic E-state index is 13.2. The number of rotatable bonds is 6. The van der Waals surface area contributed by atoms with Crippen molar-refractivity contribution in [1.29, 1.82) is 0 Å². The maximum atomic E-state index is 13.2. The highest BCUT2D eigenvalue weighted by molar-refractivity contribution is 8.00. The molecule has 1 aliphatic heterocycles. The molecule has 0 spiro atoms. The highest BCUT2D eigenvalue weighted by Gasteiger charge is 2.26. The number of likely N-dealkylation sites (tertiary alicyclic amines) is 1. The van der Waals surface area contributed by atoms with Crippen LogP contribution in [0.3, 0.4) is 0 Å². The Morgan fingerprint density at radius 3 is 2.72 bits per heavy atom. The summed E-state index contributed by atoms with van der Waals surface area (Å²) in [6, 6.07) is 7.50. The molecule has 2 heterocycles. The summed E-state index contributed by atoms with van der Waals surface area (Å²) in [5.41, 5.74) is 2.14. The van der Waals surface area contributed by atoms with Gasteiger partial charge in [-0.05, 0) is 64.0 Å². The fourth-order valence-electron chi connectivity index (χ4n) is 4.23. The molecule has 154 valence electrons. The first-order chi connectivity index (χ1) is 14.1. The first-order valence-electron chi connectivity index (χ1n) is 10.8. The van der Waals surface area contributed by atoms with Gasteiger partial charge in [-0.15, -0.1) is 0 Å². The summed E-state index contributed by atoms with van der Waals surface area (Å²) in [6.45, 7) is 4.24. The Kier molecular flexibility index (Phi) is 6.38. The lowest BCUT2D eigenvalue weighted by Gasteiger charge is -2.21. The number of hydrogen-bond donors (Lipinski definition) is 0. The molecule has 29 heavy (non-hydrogen) atoms. The third-order valence-electron chi connectivity index (χ3n) is 5.92. The molecule has 1 atom stereocenters. The quantitative estimate of drug-likeness (QED) is 0.402. The van der Waals surface area contributed by atoms with Gasteiger partial charge in [0.15, 0.2) is 5.16 Å². The normalized spacial score (nSPS) is 18.1. The van der Waals surface area contributed by atoms with Crippen molar-refractivity contribution in [2.75, 3.05) is 13.1 Å². The molecule has 1 aromatic carbocycles. The Morgan fingerprint density at radius 1 is 1.17 bits per heavy atom. The van der Waals surface area contributed by atoms with Crippen LogP contribution in [0.15, 0.2) is 45.9 Å². The molecule has 5 nitrogen and oxygen atoms in total. The molecule has 1 saturated heterocycles. The summed E-state index contributed by atoms with van der Waals surface area (Å²) in [6.07, 6.45) is 10.1. The summed E-state index contributed by atoms with van der Waals surface area (Å²) in [5, 5.41) is 1.06. The van der Waals surface area contributed by atoms with Crippen LogP contribution in [0.25, 0.3) is 10.9 Å². The zero-order valence-corrected chi connectivity index (χ0v) is 17.9. The van der Waals surface area contributed by atoms with Gasteiger partial charge >= 0.3 is 0 Å². The summed E-state index contributed by atoms with van der Waals surface area (Å²) >= 11 is 1.42. The van der Waals surface area contributed by atoms with Gasteiger partial charge in [-0.25, -0.2) is 4.98 Å². The number of carbonyl (C=O) groups is 1. The number of fused-ring (bicyclic) bond motifs is 1. The predicted molar refractivity (Wildman–Crippen MR) is 118 cm³/mol. The molecule has 1 amide bonds. The van der Waals surface area contributed by atoms with Crippen LogP contribution < -0.4 is 5.56 Å². The fourth-order valence-corrected chi connectivity index (χ4v) is 5.24. The van der Waals surface area contributed by atoms with Crippen molar-refractivity contribution in [1.82, 2.24) is 14.5 Å². The van der Waals surface area contributed by atoms with E-state index in [4.69, 9.17) is 4.98 Å². The van der Waals surface area contributed by atoms with Crippen molar-refractivity contribution in [3.63, 3.8) is 0 Å². The van der Waals surface area contributed by atoms with Crippen molar-refractivity contribution in [2.45, 2.75) is 68.8 Å². The van der Waals surface area contributed by atoms with Crippen LogP contribution in [0.1, 0.15) is 51.9 Å². The Hall–Kier alpha value is -2.08. The second-order valence-corrected chi connectivity index (χ2v) is 9.33. The predicted octanol–water partition coefficient (Wildman–Crippen LogP) is 4.39. The summed E-state index contributed by atoms with van der Waals surface area (Å²) in [4.78, 5) is 32.7. The zero-order chi connectivity index (χ0) is 20.2. The van der Waals surface area contributed by atoms with Gasteiger partial charge in [0.05, 0.1) is 16.2 Å². The van der Waals surface area contributed by atoms with Crippen LogP contribution in [-0.4, -0.2) is 38.7 Å². The average molecular weight is 412 g/mol. The van der Waals surface area contributed by atoms with E-state index in [2.05, 4.69) is 6.08 Å². The molecule has 0 N–H and O–H groups in total. The number of thioether (sulfide) groups is 1. The molecule has 1 unspecified atom stereocenters. The molecule has 1 fully saturated rings. The van der Waals surface area contributed by atoms with E-state index in [0.717, 1.165) is 45.2 Å². The topological polar surface area (TPSA) is 55.2 Å². The van der Waals surface area contributed by atoms with E-state index < -0.39 is 0 Å². The number of amides is 1. The van der Waals surface area contributed by atoms with Crippen molar-refractivity contribution >= 4 is 28.6 Å². The number of allylic oxidation sites excluding steroid dienone is 2. The minimum absolute atomic E-state index is 0.00432. The average Bonchev–Trinajstić information content (AvgIpc) is 3.28. The van der Waals surface area contributed by atoms with Gasteiger partial charge < -0.3 is 4.90 Å². The van der Waals surface area contributed by atoms with Crippen LogP contribution in [0.5, 0.6) is 0 Å². The number of aromatic nitrogens is 2. The molecule has 0 bridgehead atoms. The number of nitrogens with zero attached hydrogens (tertiary/aromatic N) is 3. The number of hydrogen-bond acceptors (Lipinski definition) is 4. The highest BCUT2D eigenvalue weighted by Crippen LogP contribution is 2.26. The largest absolute Gasteiger partial charge is 0.342 e. The molecular formula is C23H29N3O2S. The number of carbonyl (C=O) groups excluding carboxylic acids is 1. The second-order valence-electron chi connectivity index (χ2n) is 8.02. The Morgan fingerprint density at radius 2 is 1.97 bits per heavy atom. The van der Waals surface area contributed by atoms with E-state index in [-0.39, 0.29) is 16.7 Å². The van der Waals surface area contributed by atoms with E-state index in [1.165, 1.54) is 30.2 Å². The molecular weight excluding hydrogens is 382 g/mol. The molecule has 4 rings (SSSR count). The number of para-hydroxylation sites is 1. The minimum atomic E-state index is -0.249. The Bertz CT molecular complexity index is 976. The van der Waals surface area contributed by atoms with E-state index in [1.807, 2.05) is 36.1 Å². The highest BCUT2D eigenvalue weighted by atomic mass is 32.2. The summed E-state index contributed by atoms with van der Waals surface area (Å²) < 4.78 is 1.79. The van der Waals surface area contributed by atoms with Crippen LogP contribution in [0.2, 0.25) is 0 Å². The molecule has 6 heteroatoms. The standard InChI is InChI=1S/C23H29N3O2S/c1-17(21(27)25-14-7-8-15-25)29-23-24-20-12-6-5-11-19(20)22(28)26(23)16-13-18-9-3-2-4-10-18/h5-6,9,11-12,17H,2-4,7-8,10,13-16H2,1H3. The van der Waals surface area contributed by atoms with Gasteiger partial charge in [-0.2, -0.15) is 0 Å². The maximum Gasteiger partial charge on any atom is 0.262 e. The van der Waals surface area contributed by atoms with Crippen LogP contribution in [0, 0.1) is 0 Å². The van der Waals surface area contributed by atoms with Gasteiger partial charge in [0.25, 0.3) is 5.56 Å². The SMILES string of the molecule is CC(Sc1nc2ccccc2c(=O)n1CCC1=CCCCC1)C(=O)N1CCCC1. The third kappa shape index (κ3) is 4.58. The van der Waals surface area contributed by atoms with Gasteiger partial charge in [-0.1, -0.05) is 35.5 Å². The molecule has 2 aliphatic rings. The van der Waals surface area contributed by atoms with Crippen LogP contribution >= 0.6 is 11.8 Å². The first kappa shape index (κ1) is 20.2. The van der Waals surface area contributed by atoms with Gasteiger partial charge in [-0.3, -0.25) is 14.2 Å². The van der Waals surface area contributed by atoms with E-state index in [1.54, 1.807) is 4.57 Å². The van der Waals surface area contributed by atoms with E-state index in [9.17, 15) is 9.59 Å². The van der Waals surface area contributed by atoms with Crippen molar-refractivity contribution in [3.05, 3.63) is 46.3 Å². The Balaban J connectivity index is 1.62. The van der Waals surface area contributed by atoms with E-state index >= 15 is 0 Å². The first-order valence-corrected chi connectivity index (χ1v) is 11.6. The fraction of sp³-hybridized carbons (Fsp3) is 0.522. The molecule has 1 aliphatic carbocycles. The van der Waals surface area contributed by atoms with Gasteiger partial charge in [0, 0.05) is 19.6 Å². The smallest absolute Gasteiger partial charge is 0.262 e. The van der Waals surface area contributed by atoms with E-state index in [0.29, 0.717) is 22.6 Å². The monoisotopic (exact) mass is 411 g/mol. The lowest BCUT2D eigenvalue weighted by atomic mass is 9.97. The third-order valence-corrected chi connectivity index (χ3v) is 6.99. The van der Waals surface area contributed by atoms with Gasteiger partial charge in [0.1, 0.15) is 0 Å². The lowest BCUT2D eigenvalue weighted by Crippen LogP contribution is -2.34. The van der Waals surface area contributed by atoms with Crippen LogP contribution in [0.4, 0.5) is 0 Å². The summed E-state index contributed by atoms with van der Waals surface area (Å²) in [5.74, 6) is 0.149. The van der Waals surface area contributed by atoms with Crippen molar-refractivity contribution in [2.24, 2.45) is 0 Å². The molecule has 2 aromatic rings. The van der Waals surface area contributed by atoms with Crippen molar-refractivity contribution < 1.29 is 4.79 Å².